The minimum absolute atomic E-state index is 0.00875. The lowest BCUT2D eigenvalue weighted by atomic mass is 9.97. The highest BCUT2D eigenvalue weighted by atomic mass is 16.5. The molecule has 1 aliphatic rings. The first kappa shape index (κ1) is 13.6. The summed E-state index contributed by atoms with van der Waals surface area (Å²) in [7, 11) is 1.44. The number of carbonyl (C=O) groups excluding carboxylic acids is 1. The summed E-state index contributed by atoms with van der Waals surface area (Å²) in [6, 6.07) is 1.84. The van der Waals surface area contributed by atoms with Gasteiger partial charge in [0.1, 0.15) is 12.1 Å². The van der Waals surface area contributed by atoms with Gasteiger partial charge < -0.3 is 14.4 Å². The average molecular weight is 265 g/mol. The number of piperidine rings is 1. The molecule has 6 heteroatoms. The van der Waals surface area contributed by atoms with Crippen LogP contribution in [0, 0.1) is 5.92 Å². The predicted octanol–water partition coefficient (Wildman–Crippen LogP) is 1.26. The summed E-state index contributed by atoms with van der Waals surface area (Å²) in [4.78, 5) is 21.9. The maximum atomic E-state index is 11.5. The lowest BCUT2D eigenvalue weighted by molar-refractivity contribution is -0.146. The molecule has 0 unspecified atom stereocenters. The van der Waals surface area contributed by atoms with E-state index in [4.69, 9.17) is 9.47 Å². The molecule has 6 nitrogen and oxygen atoms in total. The molecule has 1 aliphatic heterocycles. The Balaban J connectivity index is 1.97. The van der Waals surface area contributed by atoms with Crippen LogP contribution < -0.4 is 9.64 Å². The summed E-state index contributed by atoms with van der Waals surface area (Å²) >= 11 is 0. The summed E-state index contributed by atoms with van der Waals surface area (Å²) in [6.07, 6.45) is 3.09. The molecule has 1 fully saturated rings. The molecule has 0 amide bonds. The Kier molecular flexibility index (Phi) is 4.54. The second-order valence-corrected chi connectivity index (χ2v) is 4.43. The van der Waals surface area contributed by atoms with Crippen molar-refractivity contribution in [2.45, 2.75) is 19.8 Å². The SMILES string of the molecule is CCOc1cc(N2CCC(C(=O)OC)CC2)ncn1. The zero-order valence-electron chi connectivity index (χ0n) is 11.3. The third-order valence-electron chi connectivity index (χ3n) is 3.27. The van der Waals surface area contributed by atoms with Gasteiger partial charge in [0.25, 0.3) is 0 Å². The van der Waals surface area contributed by atoms with Crippen LogP contribution in [0.2, 0.25) is 0 Å². The number of nitrogens with zero attached hydrogens (tertiary/aromatic N) is 3. The zero-order valence-corrected chi connectivity index (χ0v) is 11.3. The van der Waals surface area contributed by atoms with Crippen LogP contribution in [0.5, 0.6) is 5.88 Å². The fraction of sp³-hybridized carbons (Fsp3) is 0.615. The number of methoxy groups -OCH3 is 1. The van der Waals surface area contributed by atoms with Crippen molar-refractivity contribution in [1.82, 2.24) is 9.97 Å². The minimum Gasteiger partial charge on any atom is -0.478 e. The van der Waals surface area contributed by atoms with Crippen LogP contribution in [0.3, 0.4) is 0 Å². The quantitative estimate of drug-likeness (QED) is 0.764. The van der Waals surface area contributed by atoms with Crippen molar-refractivity contribution in [1.29, 1.82) is 0 Å². The van der Waals surface area contributed by atoms with E-state index in [2.05, 4.69) is 14.9 Å². The molecule has 2 rings (SSSR count). The van der Waals surface area contributed by atoms with Crippen LogP contribution in [0.4, 0.5) is 5.82 Å². The van der Waals surface area contributed by atoms with Gasteiger partial charge in [-0.05, 0) is 19.8 Å². The second-order valence-electron chi connectivity index (χ2n) is 4.43. The first-order chi connectivity index (χ1) is 9.24. The molecule has 0 N–H and O–H groups in total. The maximum Gasteiger partial charge on any atom is 0.308 e. The normalized spacial score (nSPS) is 16.2. The Bertz CT molecular complexity index is 431. The molecule has 0 saturated carbocycles. The van der Waals surface area contributed by atoms with Crippen molar-refractivity contribution < 1.29 is 14.3 Å². The Morgan fingerprint density at radius 3 is 2.79 bits per heavy atom. The largest absolute Gasteiger partial charge is 0.478 e. The van der Waals surface area contributed by atoms with Crippen molar-refractivity contribution in [2.75, 3.05) is 31.7 Å². The number of esters is 1. The van der Waals surface area contributed by atoms with Crippen molar-refractivity contribution in [2.24, 2.45) is 5.92 Å². The van der Waals surface area contributed by atoms with Gasteiger partial charge in [0, 0.05) is 19.2 Å². The third-order valence-corrected chi connectivity index (χ3v) is 3.27. The molecule has 0 atom stereocenters. The molecule has 1 aromatic rings. The van der Waals surface area contributed by atoms with Crippen LogP contribution in [0.1, 0.15) is 19.8 Å². The Morgan fingerprint density at radius 2 is 2.16 bits per heavy atom. The first-order valence-electron chi connectivity index (χ1n) is 6.52. The van der Waals surface area contributed by atoms with E-state index in [-0.39, 0.29) is 11.9 Å². The Hall–Kier alpha value is -1.85. The number of aromatic nitrogens is 2. The number of hydrogen-bond acceptors (Lipinski definition) is 6. The van der Waals surface area contributed by atoms with Crippen molar-refractivity contribution >= 4 is 11.8 Å². The average Bonchev–Trinajstić information content (AvgIpc) is 2.47. The van der Waals surface area contributed by atoms with E-state index in [0.29, 0.717) is 12.5 Å². The van der Waals surface area contributed by atoms with Crippen LogP contribution in [0.15, 0.2) is 12.4 Å². The van der Waals surface area contributed by atoms with E-state index in [9.17, 15) is 4.79 Å². The summed E-state index contributed by atoms with van der Waals surface area (Å²) in [6.45, 7) is 4.09. The molecule has 0 radical (unpaired) electrons. The molecule has 1 aromatic heterocycles. The smallest absolute Gasteiger partial charge is 0.308 e. The molecule has 0 spiro atoms. The van der Waals surface area contributed by atoms with E-state index in [1.54, 1.807) is 0 Å². The van der Waals surface area contributed by atoms with Crippen molar-refractivity contribution in [3.05, 3.63) is 12.4 Å². The molecule has 0 aromatic carbocycles. The van der Waals surface area contributed by atoms with Gasteiger partial charge in [0.15, 0.2) is 0 Å². The molecule has 19 heavy (non-hydrogen) atoms. The number of anilines is 1. The van der Waals surface area contributed by atoms with Crippen LogP contribution in [-0.2, 0) is 9.53 Å². The molecule has 1 saturated heterocycles. The van der Waals surface area contributed by atoms with Gasteiger partial charge in [-0.15, -0.1) is 0 Å². The second kappa shape index (κ2) is 6.36. The Labute approximate surface area is 112 Å². The third kappa shape index (κ3) is 3.33. The maximum absolute atomic E-state index is 11.5. The van der Waals surface area contributed by atoms with Gasteiger partial charge >= 0.3 is 5.97 Å². The van der Waals surface area contributed by atoms with Crippen molar-refractivity contribution in [3.8, 4) is 5.88 Å². The summed E-state index contributed by atoms with van der Waals surface area (Å²) in [5.74, 6) is 1.33. The topological polar surface area (TPSA) is 64.5 Å². The molecule has 0 aliphatic carbocycles. The van der Waals surface area contributed by atoms with Gasteiger partial charge in [0.2, 0.25) is 5.88 Å². The molecular weight excluding hydrogens is 246 g/mol. The first-order valence-corrected chi connectivity index (χ1v) is 6.52. The van der Waals surface area contributed by atoms with Gasteiger partial charge in [-0.3, -0.25) is 4.79 Å². The van der Waals surface area contributed by atoms with Crippen LogP contribution in [0.25, 0.3) is 0 Å². The van der Waals surface area contributed by atoms with E-state index in [1.807, 2.05) is 13.0 Å². The fourth-order valence-electron chi connectivity index (χ4n) is 2.24. The monoisotopic (exact) mass is 265 g/mol. The van der Waals surface area contributed by atoms with Crippen molar-refractivity contribution in [3.63, 3.8) is 0 Å². The Morgan fingerprint density at radius 1 is 1.42 bits per heavy atom. The summed E-state index contributed by atoms with van der Waals surface area (Å²) in [5.41, 5.74) is 0. The van der Waals surface area contributed by atoms with E-state index in [0.717, 1.165) is 31.7 Å². The van der Waals surface area contributed by atoms with E-state index in [1.165, 1.54) is 13.4 Å². The van der Waals surface area contributed by atoms with E-state index < -0.39 is 0 Å². The standard InChI is InChI=1S/C13H19N3O3/c1-3-19-12-8-11(14-9-15-12)16-6-4-10(5-7-16)13(17)18-2/h8-10H,3-7H2,1-2H3. The molecule has 104 valence electrons. The molecule has 2 heterocycles. The number of ether oxygens (including phenoxy) is 2. The number of rotatable bonds is 4. The van der Waals surface area contributed by atoms with Crippen LogP contribution in [-0.4, -0.2) is 42.7 Å². The highest BCUT2D eigenvalue weighted by Crippen LogP contribution is 2.24. The summed E-state index contributed by atoms with van der Waals surface area (Å²) in [5, 5.41) is 0. The molecule has 0 bridgehead atoms. The van der Waals surface area contributed by atoms with E-state index >= 15 is 0 Å². The predicted molar refractivity (Wildman–Crippen MR) is 70.2 cm³/mol. The fourth-order valence-corrected chi connectivity index (χ4v) is 2.24. The van der Waals surface area contributed by atoms with Crippen LogP contribution >= 0.6 is 0 Å². The highest BCUT2D eigenvalue weighted by molar-refractivity contribution is 5.72. The number of carbonyl (C=O) groups is 1. The van der Waals surface area contributed by atoms with Gasteiger partial charge in [-0.25, -0.2) is 9.97 Å². The lowest BCUT2D eigenvalue weighted by Gasteiger charge is -2.31. The molecular formula is C13H19N3O3. The lowest BCUT2D eigenvalue weighted by Crippen LogP contribution is -2.37. The van der Waals surface area contributed by atoms with Gasteiger partial charge in [-0.2, -0.15) is 0 Å². The number of hydrogen-bond donors (Lipinski definition) is 0. The minimum atomic E-state index is -0.114. The highest BCUT2D eigenvalue weighted by Gasteiger charge is 2.26. The zero-order chi connectivity index (χ0) is 13.7. The van der Waals surface area contributed by atoms with Gasteiger partial charge in [-0.1, -0.05) is 0 Å². The van der Waals surface area contributed by atoms with Gasteiger partial charge in [0.05, 0.1) is 19.6 Å². The summed E-state index contributed by atoms with van der Waals surface area (Å²) < 4.78 is 10.1.